The molecule has 2 N–H and O–H groups in total. The number of aliphatic hydroxyl groups is 1. The number of aliphatic hydroxyl groups excluding tert-OH is 1. The number of fused-ring (bicyclic) bond motifs is 1. The van der Waals surface area contributed by atoms with E-state index in [1.165, 1.54) is 12.3 Å². The van der Waals surface area contributed by atoms with Crippen molar-refractivity contribution in [2.75, 3.05) is 39.4 Å². The molecule has 0 amide bonds. The van der Waals surface area contributed by atoms with E-state index in [9.17, 15) is 14.3 Å². The summed E-state index contributed by atoms with van der Waals surface area (Å²) >= 11 is 0. The van der Waals surface area contributed by atoms with Crippen molar-refractivity contribution in [1.82, 2.24) is 24.8 Å². The average molecular weight is 482 g/mol. The molecule has 3 aromatic heterocycles. The minimum atomic E-state index is -0.460. The minimum absolute atomic E-state index is 0.0645. The molecule has 0 radical (unpaired) electrons. The van der Waals surface area contributed by atoms with E-state index in [-0.39, 0.29) is 23.3 Å². The highest BCUT2D eigenvalue weighted by molar-refractivity contribution is 5.79. The highest BCUT2D eigenvalue weighted by Gasteiger charge is 2.34. The predicted molar refractivity (Wildman–Crippen MR) is 126 cm³/mol. The van der Waals surface area contributed by atoms with Crippen LogP contribution in [0.4, 0.5) is 4.39 Å². The number of nitrogens with one attached hydrogen (secondary N) is 1. The Balaban J connectivity index is 1.09. The van der Waals surface area contributed by atoms with E-state index < -0.39 is 6.10 Å². The summed E-state index contributed by atoms with van der Waals surface area (Å²) in [5, 5.41) is 14.1. The number of hydrogen-bond donors (Lipinski definition) is 2. The Morgan fingerprint density at radius 2 is 2.00 bits per heavy atom. The molecule has 0 unspecified atom stereocenters. The predicted octanol–water partition coefficient (Wildman–Crippen LogP) is 1.27. The lowest BCUT2D eigenvalue weighted by atomic mass is 9.97. The van der Waals surface area contributed by atoms with Gasteiger partial charge in [-0.2, -0.15) is 0 Å². The number of rotatable bonds is 6. The second-order valence-corrected chi connectivity index (χ2v) is 9.55. The number of β-amino-alcohol motifs (C(OH)–C–C–N with tert-alkyl or cyclic N) is 1. The molecule has 9 nitrogen and oxygen atoms in total. The van der Waals surface area contributed by atoms with Crippen LogP contribution in [0.3, 0.4) is 0 Å². The Kier molecular flexibility index (Phi) is 5.87. The molecule has 184 valence electrons. The van der Waals surface area contributed by atoms with Gasteiger partial charge in [0.25, 0.3) is 5.56 Å². The van der Waals surface area contributed by atoms with Gasteiger partial charge >= 0.3 is 0 Å². The highest BCUT2D eigenvalue weighted by Crippen LogP contribution is 2.32. The zero-order valence-electron chi connectivity index (χ0n) is 19.3. The summed E-state index contributed by atoms with van der Waals surface area (Å²) in [6, 6.07) is 4.98. The summed E-state index contributed by atoms with van der Waals surface area (Å²) in [6.45, 7) is 4.18. The summed E-state index contributed by atoms with van der Waals surface area (Å²) in [6.07, 6.45) is 3.71. The van der Waals surface area contributed by atoms with E-state index >= 15 is 0 Å². The van der Waals surface area contributed by atoms with Crippen molar-refractivity contribution >= 4 is 11.0 Å². The molecule has 0 saturated carbocycles. The fourth-order valence-corrected chi connectivity index (χ4v) is 5.54. The number of pyridine rings is 3. The maximum atomic E-state index is 14.4. The van der Waals surface area contributed by atoms with Crippen LogP contribution in [0, 0.1) is 11.7 Å². The molecule has 1 fully saturated rings. The lowest BCUT2D eigenvalue weighted by molar-refractivity contribution is 0.138. The normalized spacial score (nSPS) is 23.7. The zero-order valence-corrected chi connectivity index (χ0v) is 19.3. The summed E-state index contributed by atoms with van der Waals surface area (Å²) in [5.74, 6) is 1.09. The van der Waals surface area contributed by atoms with E-state index in [0.29, 0.717) is 80.3 Å². The molecular formula is C25H28FN5O4. The largest absolute Gasteiger partial charge is 0.486 e. The van der Waals surface area contributed by atoms with Crippen LogP contribution in [0.1, 0.15) is 23.7 Å². The van der Waals surface area contributed by atoms with Gasteiger partial charge < -0.3 is 24.5 Å². The first-order chi connectivity index (χ1) is 17.1. The third-order valence-corrected chi connectivity index (χ3v) is 7.24. The van der Waals surface area contributed by atoms with E-state index in [0.717, 1.165) is 12.2 Å². The van der Waals surface area contributed by atoms with Gasteiger partial charge in [-0.1, -0.05) is 0 Å². The third kappa shape index (κ3) is 4.26. The first-order valence-corrected chi connectivity index (χ1v) is 12.1. The number of hydrogen-bond acceptors (Lipinski definition) is 8. The van der Waals surface area contributed by atoms with Gasteiger partial charge in [0.15, 0.2) is 11.5 Å². The number of halogens is 1. The minimum Gasteiger partial charge on any atom is -0.486 e. The lowest BCUT2D eigenvalue weighted by Gasteiger charge is -2.31. The Bertz CT molecular complexity index is 1310. The van der Waals surface area contributed by atoms with E-state index in [1.807, 2.05) is 6.07 Å². The van der Waals surface area contributed by atoms with E-state index in [1.54, 1.807) is 16.8 Å². The average Bonchev–Trinajstić information content (AvgIpc) is 3.21. The second kappa shape index (κ2) is 9.18. The Hall–Kier alpha value is -3.08. The summed E-state index contributed by atoms with van der Waals surface area (Å²) in [5.41, 5.74) is 2.54. The Labute approximate surface area is 201 Å². The van der Waals surface area contributed by atoms with Crippen LogP contribution < -0.4 is 20.3 Å². The van der Waals surface area contributed by atoms with Crippen molar-refractivity contribution in [3.05, 3.63) is 58.0 Å². The van der Waals surface area contributed by atoms with E-state index in [4.69, 9.17) is 9.47 Å². The van der Waals surface area contributed by atoms with Crippen molar-refractivity contribution in [2.24, 2.45) is 5.92 Å². The Morgan fingerprint density at radius 1 is 1.14 bits per heavy atom. The fourth-order valence-electron chi connectivity index (χ4n) is 5.54. The number of aryl methyl sites for hydroxylation is 1. The third-order valence-electron chi connectivity index (χ3n) is 7.24. The second-order valence-electron chi connectivity index (χ2n) is 9.55. The van der Waals surface area contributed by atoms with E-state index in [2.05, 4.69) is 20.2 Å². The molecule has 3 atom stereocenters. The first-order valence-electron chi connectivity index (χ1n) is 12.1. The van der Waals surface area contributed by atoms with Gasteiger partial charge in [-0.15, -0.1) is 0 Å². The number of ether oxygens (including phenoxy) is 2. The molecule has 0 aromatic carbocycles. The molecule has 0 spiro atoms. The smallest absolute Gasteiger partial charge is 0.251 e. The zero-order chi connectivity index (χ0) is 23.9. The number of nitrogens with zero attached hydrogens (tertiary/aromatic N) is 4. The summed E-state index contributed by atoms with van der Waals surface area (Å²) in [7, 11) is 0. The quantitative estimate of drug-likeness (QED) is 0.543. The van der Waals surface area contributed by atoms with Gasteiger partial charge in [-0.05, 0) is 18.9 Å². The monoisotopic (exact) mass is 481 g/mol. The molecule has 3 aliphatic rings. The lowest BCUT2D eigenvalue weighted by Crippen LogP contribution is -2.37. The van der Waals surface area contributed by atoms with Crippen molar-refractivity contribution in [1.29, 1.82) is 0 Å². The van der Waals surface area contributed by atoms with Crippen LogP contribution in [0.25, 0.3) is 11.0 Å². The van der Waals surface area contributed by atoms with Gasteiger partial charge in [0.05, 0.1) is 41.3 Å². The van der Waals surface area contributed by atoms with Gasteiger partial charge in [0, 0.05) is 56.3 Å². The molecule has 3 aromatic rings. The van der Waals surface area contributed by atoms with Crippen LogP contribution in [0.2, 0.25) is 0 Å². The van der Waals surface area contributed by atoms with Crippen molar-refractivity contribution < 1.29 is 19.0 Å². The van der Waals surface area contributed by atoms with Gasteiger partial charge in [-0.3, -0.25) is 19.7 Å². The summed E-state index contributed by atoms with van der Waals surface area (Å²) in [4.78, 5) is 23.5. The van der Waals surface area contributed by atoms with Crippen LogP contribution in [0.5, 0.6) is 11.5 Å². The fraction of sp³-hybridized carbons (Fsp3) is 0.480. The van der Waals surface area contributed by atoms with Gasteiger partial charge in [-0.25, -0.2) is 4.39 Å². The topological polar surface area (TPSA) is 102 Å². The van der Waals surface area contributed by atoms with Crippen molar-refractivity contribution in [3.8, 4) is 11.5 Å². The van der Waals surface area contributed by atoms with Crippen LogP contribution in [-0.2, 0) is 13.0 Å². The molecule has 0 bridgehead atoms. The standard InChI is InChI=1S/C25H28FN5O4/c26-19-10-29-20-3-4-24(33)31-17(1-2-18(19)25(20)31)13-30-12-15(21(32)14-30)8-27-9-16-7-22-23(11-28-16)35-6-5-34-22/h3-4,7,10-11,15,17,21,27,32H,1-2,5-6,8-9,12-14H2/t15-,17+,21+/m0/s1. The number of likely N-dealkylation sites (tertiary alicyclic amines) is 1. The summed E-state index contributed by atoms with van der Waals surface area (Å²) < 4.78 is 27.2. The molecular weight excluding hydrogens is 453 g/mol. The molecule has 6 heterocycles. The number of aromatic nitrogens is 3. The molecule has 6 rings (SSSR count). The first kappa shape index (κ1) is 22.4. The maximum Gasteiger partial charge on any atom is 0.251 e. The molecule has 1 saturated heterocycles. The van der Waals surface area contributed by atoms with Crippen LogP contribution >= 0.6 is 0 Å². The molecule has 10 heteroatoms. The molecule has 35 heavy (non-hydrogen) atoms. The highest BCUT2D eigenvalue weighted by atomic mass is 19.1. The van der Waals surface area contributed by atoms with Crippen molar-refractivity contribution in [3.63, 3.8) is 0 Å². The Morgan fingerprint density at radius 3 is 2.89 bits per heavy atom. The van der Waals surface area contributed by atoms with Crippen molar-refractivity contribution in [2.45, 2.75) is 31.5 Å². The molecule has 3 aliphatic heterocycles. The van der Waals surface area contributed by atoms with Gasteiger partial charge in [0.1, 0.15) is 19.0 Å². The SMILES string of the molecule is O=c1ccc2ncc(F)c3c2n1[C@@H](CN1C[C@H](CNCc2cc4c(cn2)OCCO4)[C@H](O)C1)CC3. The van der Waals surface area contributed by atoms with Gasteiger partial charge in [0.2, 0.25) is 0 Å². The van der Waals surface area contributed by atoms with Crippen LogP contribution in [0.15, 0.2) is 35.4 Å². The molecule has 0 aliphatic carbocycles. The van der Waals surface area contributed by atoms with Crippen LogP contribution in [-0.4, -0.2) is 70.0 Å². The maximum absolute atomic E-state index is 14.4.